The molecule has 1 atom stereocenters. The fourth-order valence-corrected chi connectivity index (χ4v) is 4.58. The topological polar surface area (TPSA) is 23.6 Å². The van der Waals surface area contributed by atoms with Gasteiger partial charge in [0.15, 0.2) is 0 Å². The average molecular weight is 357 g/mol. The van der Waals surface area contributed by atoms with Gasteiger partial charge in [0, 0.05) is 42.2 Å². The van der Waals surface area contributed by atoms with E-state index in [1.807, 2.05) is 41.4 Å². The molecule has 0 unspecified atom stereocenters. The molecule has 0 saturated carbocycles. The van der Waals surface area contributed by atoms with Crippen molar-refractivity contribution in [3.05, 3.63) is 52.7 Å². The van der Waals surface area contributed by atoms with E-state index in [1.54, 1.807) is 0 Å². The molecular weight excluding hydrogens is 328 g/mol. The average Bonchev–Trinajstić information content (AvgIpc) is 3.16. The highest BCUT2D eigenvalue weighted by atomic mass is 32.1. The summed E-state index contributed by atoms with van der Waals surface area (Å²) >= 11 is 1.85. The van der Waals surface area contributed by atoms with Crippen LogP contribution in [0.15, 0.2) is 47.8 Å². The first-order valence-corrected chi connectivity index (χ1v) is 10.2. The highest BCUT2D eigenvalue weighted by Crippen LogP contribution is 2.26. The van der Waals surface area contributed by atoms with Crippen LogP contribution in [-0.4, -0.2) is 36.0 Å². The van der Waals surface area contributed by atoms with Gasteiger partial charge in [-0.1, -0.05) is 31.2 Å². The molecule has 3 nitrogen and oxygen atoms in total. The maximum Gasteiger partial charge on any atom is 0.226 e. The molecule has 1 fully saturated rings. The number of para-hydroxylation sites is 1. The number of rotatable bonds is 6. The number of hydrogen-bond donors (Lipinski definition) is 0. The minimum Gasteiger partial charge on any atom is -0.309 e. The number of thiophene rings is 1. The van der Waals surface area contributed by atoms with Gasteiger partial charge >= 0.3 is 0 Å². The SMILES string of the molecule is CCC(=O)N(c1ccccc1)C1CCN([C@H](C)Cc2cccs2)CC1. The molecule has 0 aliphatic carbocycles. The van der Waals surface area contributed by atoms with Crippen molar-refractivity contribution in [1.82, 2.24) is 4.90 Å². The van der Waals surface area contributed by atoms with Gasteiger partial charge in [-0.15, -0.1) is 11.3 Å². The number of hydrogen-bond acceptors (Lipinski definition) is 3. The Kier molecular flexibility index (Phi) is 6.27. The van der Waals surface area contributed by atoms with Crippen molar-refractivity contribution in [2.45, 2.75) is 51.6 Å². The summed E-state index contributed by atoms with van der Waals surface area (Å²) in [5.74, 6) is 0.233. The number of likely N-dealkylation sites (tertiary alicyclic amines) is 1. The van der Waals surface area contributed by atoms with Gasteiger partial charge in [-0.05, 0) is 49.8 Å². The van der Waals surface area contributed by atoms with E-state index in [0.29, 0.717) is 18.5 Å². The zero-order valence-electron chi connectivity index (χ0n) is 15.2. The molecule has 2 aromatic rings. The van der Waals surface area contributed by atoms with Crippen molar-refractivity contribution < 1.29 is 4.79 Å². The fraction of sp³-hybridized carbons (Fsp3) is 0.476. The Morgan fingerprint density at radius 3 is 2.52 bits per heavy atom. The van der Waals surface area contributed by atoms with Crippen LogP contribution in [-0.2, 0) is 11.2 Å². The zero-order chi connectivity index (χ0) is 17.6. The maximum absolute atomic E-state index is 12.6. The molecule has 1 aliphatic rings. The summed E-state index contributed by atoms with van der Waals surface area (Å²) in [4.78, 5) is 18.6. The summed E-state index contributed by atoms with van der Waals surface area (Å²) in [6.07, 6.45) is 3.79. The van der Waals surface area contributed by atoms with E-state index >= 15 is 0 Å². The van der Waals surface area contributed by atoms with Crippen LogP contribution in [0.3, 0.4) is 0 Å². The number of carbonyl (C=O) groups excluding carboxylic acids is 1. The molecule has 0 N–H and O–H groups in total. The van der Waals surface area contributed by atoms with Gasteiger partial charge in [0.05, 0.1) is 0 Å². The molecule has 2 heterocycles. The molecule has 134 valence electrons. The highest BCUT2D eigenvalue weighted by Gasteiger charge is 2.29. The summed E-state index contributed by atoms with van der Waals surface area (Å²) in [7, 11) is 0. The molecule has 25 heavy (non-hydrogen) atoms. The van der Waals surface area contributed by atoms with Gasteiger partial charge in [0.1, 0.15) is 0 Å². The van der Waals surface area contributed by atoms with Crippen molar-refractivity contribution in [3.8, 4) is 0 Å². The number of anilines is 1. The van der Waals surface area contributed by atoms with Gasteiger partial charge in [0.25, 0.3) is 0 Å². The normalized spacial score (nSPS) is 17.4. The minimum absolute atomic E-state index is 0.233. The number of amides is 1. The Labute approximate surface area is 155 Å². The van der Waals surface area contributed by atoms with Crippen LogP contribution in [0.25, 0.3) is 0 Å². The Balaban J connectivity index is 1.62. The molecule has 1 saturated heterocycles. The van der Waals surface area contributed by atoms with Crippen LogP contribution in [0.4, 0.5) is 5.69 Å². The number of benzene rings is 1. The largest absolute Gasteiger partial charge is 0.309 e. The first-order chi connectivity index (χ1) is 12.2. The number of nitrogens with zero attached hydrogens (tertiary/aromatic N) is 2. The fourth-order valence-electron chi connectivity index (χ4n) is 3.75. The first-order valence-electron chi connectivity index (χ1n) is 9.32. The molecule has 4 heteroatoms. The van der Waals surface area contributed by atoms with Crippen molar-refractivity contribution in [3.63, 3.8) is 0 Å². The standard InChI is InChI=1S/C21H28N2OS/c1-3-21(24)23(18-8-5-4-6-9-18)19-11-13-22(14-12-19)17(2)16-20-10-7-15-25-20/h4-10,15,17,19H,3,11-14,16H2,1-2H3/t17-/m1/s1. The van der Waals surface area contributed by atoms with Crippen LogP contribution in [0.1, 0.15) is 38.0 Å². The number of piperidine rings is 1. The van der Waals surface area contributed by atoms with Gasteiger partial charge in [-0.25, -0.2) is 0 Å². The van der Waals surface area contributed by atoms with E-state index < -0.39 is 0 Å². The predicted octanol–water partition coefficient (Wildman–Crippen LogP) is 4.59. The summed E-state index contributed by atoms with van der Waals surface area (Å²) in [6.45, 7) is 6.41. The Morgan fingerprint density at radius 1 is 1.20 bits per heavy atom. The third-order valence-corrected chi connectivity index (χ3v) is 6.07. The lowest BCUT2D eigenvalue weighted by atomic mass is 9.99. The second-order valence-corrected chi connectivity index (χ2v) is 7.88. The molecule has 1 aromatic carbocycles. The Bertz CT molecular complexity index is 648. The van der Waals surface area contributed by atoms with Crippen molar-refractivity contribution in [1.29, 1.82) is 0 Å². The van der Waals surface area contributed by atoms with Gasteiger partial charge in [0.2, 0.25) is 5.91 Å². The molecule has 0 spiro atoms. The zero-order valence-corrected chi connectivity index (χ0v) is 16.0. The first kappa shape index (κ1) is 18.2. The minimum atomic E-state index is 0.233. The van der Waals surface area contributed by atoms with E-state index in [0.717, 1.165) is 38.0 Å². The molecule has 0 bridgehead atoms. The molecular formula is C21H28N2OS. The van der Waals surface area contributed by atoms with Crippen molar-refractivity contribution >= 4 is 22.9 Å². The Hall–Kier alpha value is -1.65. The van der Waals surface area contributed by atoms with Crippen LogP contribution < -0.4 is 4.90 Å². The van der Waals surface area contributed by atoms with Crippen molar-refractivity contribution in [2.24, 2.45) is 0 Å². The smallest absolute Gasteiger partial charge is 0.226 e. The summed E-state index contributed by atoms with van der Waals surface area (Å²) in [5.41, 5.74) is 1.04. The second-order valence-electron chi connectivity index (χ2n) is 6.85. The quantitative estimate of drug-likeness (QED) is 0.756. The molecule has 3 rings (SSSR count). The summed E-state index contributed by atoms with van der Waals surface area (Å²) in [6, 6.07) is 15.4. The second kappa shape index (κ2) is 8.63. The van der Waals surface area contributed by atoms with E-state index in [9.17, 15) is 4.79 Å². The van der Waals surface area contributed by atoms with Crippen LogP contribution in [0.2, 0.25) is 0 Å². The van der Waals surface area contributed by atoms with E-state index in [4.69, 9.17) is 0 Å². The third kappa shape index (κ3) is 4.50. The van der Waals surface area contributed by atoms with Crippen molar-refractivity contribution in [2.75, 3.05) is 18.0 Å². The lowest BCUT2D eigenvalue weighted by Crippen LogP contribution is -2.49. The summed E-state index contributed by atoms with van der Waals surface area (Å²) < 4.78 is 0. The van der Waals surface area contributed by atoms with Gasteiger partial charge in [-0.3, -0.25) is 4.79 Å². The molecule has 1 aliphatic heterocycles. The van der Waals surface area contributed by atoms with E-state index in [1.165, 1.54) is 4.88 Å². The predicted molar refractivity (Wildman–Crippen MR) is 106 cm³/mol. The van der Waals surface area contributed by atoms with Crippen LogP contribution in [0, 0.1) is 0 Å². The Morgan fingerprint density at radius 2 is 1.92 bits per heavy atom. The lowest BCUT2D eigenvalue weighted by molar-refractivity contribution is -0.119. The van der Waals surface area contributed by atoms with Crippen LogP contribution >= 0.6 is 11.3 Å². The lowest BCUT2D eigenvalue weighted by Gasteiger charge is -2.40. The monoisotopic (exact) mass is 356 g/mol. The van der Waals surface area contributed by atoms with Crippen LogP contribution in [0.5, 0.6) is 0 Å². The molecule has 0 radical (unpaired) electrons. The van der Waals surface area contributed by atoms with E-state index in [-0.39, 0.29) is 5.91 Å². The van der Waals surface area contributed by atoms with Gasteiger partial charge in [-0.2, -0.15) is 0 Å². The number of carbonyl (C=O) groups is 1. The maximum atomic E-state index is 12.6. The summed E-state index contributed by atoms with van der Waals surface area (Å²) in [5, 5.41) is 2.16. The third-order valence-electron chi connectivity index (χ3n) is 5.17. The molecule has 1 amide bonds. The molecule has 1 aromatic heterocycles. The van der Waals surface area contributed by atoms with E-state index in [2.05, 4.69) is 41.5 Å². The highest BCUT2D eigenvalue weighted by molar-refractivity contribution is 7.09. The van der Waals surface area contributed by atoms with Gasteiger partial charge < -0.3 is 9.80 Å².